The Kier molecular flexibility index (Phi) is 5.95. The number of sulfonamides is 1. The van der Waals surface area contributed by atoms with Crippen molar-refractivity contribution in [2.24, 2.45) is 0 Å². The van der Waals surface area contributed by atoms with Crippen molar-refractivity contribution in [3.63, 3.8) is 0 Å². The minimum absolute atomic E-state index is 0.158. The summed E-state index contributed by atoms with van der Waals surface area (Å²) in [7, 11) is -2.01. The molecule has 2 heterocycles. The number of ether oxygens (including phenoxy) is 2. The second kappa shape index (κ2) is 8.20. The van der Waals surface area contributed by atoms with Crippen LogP contribution in [0.2, 0.25) is 0 Å². The number of hydrogen-bond donors (Lipinski definition) is 0. The van der Waals surface area contributed by atoms with E-state index >= 15 is 0 Å². The summed E-state index contributed by atoms with van der Waals surface area (Å²) in [5, 5.41) is 1.50. The fourth-order valence-electron chi connectivity index (χ4n) is 2.79. The van der Waals surface area contributed by atoms with Crippen LogP contribution in [0.15, 0.2) is 40.6 Å². The zero-order valence-corrected chi connectivity index (χ0v) is 16.1. The number of carbonyl (C=O) groups is 1. The van der Waals surface area contributed by atoms with Gasteiger partial charge in [0.15, 0.2) is 0 Å². The summed E-state index contributed by atoms with van der Waals surface area (Å²) < 4.78 is 37.4. The van der Waals surface area contributed by atoms with Crippen molar-refractivity contribution in [2.45, 2.75) is 30.6 Å². The third kappa shape index (κ3) is 4.25. The van der Waals surface area contributed by atoms with Crippen LogP contribution < -0.4 is 9.47 Å². The lowest BCUT2D eigenvalue weighted by atomic mass is 10.2. The van der Waals surface area contributed by atoms with Gasteiger partial charge in [-0.1, -0.05) is 12.8 Å². The van der Waals surface area contributed by atoms with Crippen molar-refractivity contribution < 1.29 is 22.7 Å². The highest BCUT2D eigenvalue weighted by Crippen LogP contribution is 2.26. The molecule has 0 saturated carbocycles. The first kappa shape index (κ1) is 18.9. The molecule has 1 aliphatic rings. The van der Waals surface area contributed by atoms with Crippen LogP contribution in [0.3, 0.4) is 0 Å². The second-order valence-electron chi connectivity index (χ2n) is 6.03. The summed E-state index contributed by atoms with van der Waals surface area (Å²) in [5.41, 5.74) is 0. The lowest BCUT2D eigenvalue weighted by Gasteiger charge is -2.18. The molecule has 6 nitrogen and oxygen atoms in total. The van der Waals surface area contributed by atoms with Gasteiger partial charge in [-0.2, -0.15) is 4.31 Å². The van der Waals surface area contributed by atoms with Crippen LogP contribution in [-0.4, -0.2) is 38.9 Å². The first-order valence-corrected chi connectivity index (χ1v) is 10.8. The maximum Gasteiger partial charge on any atom is 0.353 e. The fraction of sp³-hybridized carbons (Fsp3) is 0.389. The van der Waals surface area contributed by atoms with Gasteiger partial charge in [-0.05, 0) is 43.2 Å². The Hall–Kier alpha value is -1.90. The number of esters is 1. The van der Waals surface area contributed by atoms with Crippen molar-refractivity contribution in [2.75, 3.05) is 20.2 Å². The average molecular weight is 396 g/mol. The SMILES string of the molecule is COc1ccc(OC(=O)c2cc(S(=O)(=O)N3CCCCCC3)cs2)cc1. The van der Waals surface area contributed by atoms with E-state index in [1.165, 1.54) is 15.8 Å². The number of hydrogen-bond acceptors (Lipinski definition) is 6. The highest BCUT2D eigenvalue weighted by Gasteiger charge is 2.27. The number of rotatable bonds is 5. The van der Waals surface area contributed by atoms with Crippen LogP contribution in [0.25, 0.3) is 0 Å². The van der Waals surface area contributed by atoms with Gasteiger partial charge in [0.1, 0.15) is 16.4 Å². The van der Waals surface area contributed by atoms with Gasteiger partial charge >= 0.3 is 5.97 Å². The Bertz CT molecular complexity index is 850. The summed E-state index contributed by atoms with van der Waals surface area (Å²) in [4.78, 5) is 12.7. The van der Waals surface area contributed by atoms with Crippen molar-refractivity contribution >= 4 is 27.3 Å². The molecule has 0 spiro atoms. The molecule has 1 fully saturated rings. The van der Waals surface area contributed by atoms with E-state index in [-0.39, 0.29) is 9.77 Å². The quantitative estimate of drug-likeness (QED) is 0.572. The molecule has 8 heteroatoms. The Morgan fingerprint density at radius 3 is 2.27 bits per heavy atom. The monoisotopic (exact) mass is 395 g/mol. The van der Waals surface area contributed by atoms with Gasteiger partial charge < -0.3 is 9.47 Å². The molecule has 3 rings (SSSR count). The van der Waals surface area contributed by atoms with E-state index in [9.17, 15) is 13.2 Å². The van der Waals surface area contributed by atoms with Crippen molar-refractivity contribution in [1.29, 1.82) is 0 Å². The minimum atomic E-state index is -3.56. The van der Waals surface area contributed by atoms with Crippen LogP contribution in [0.4, 0.5) is 0 Å². The molecule has 1 saturated heterocycles. The van der Waals surface area contributed by atoms with Crippen LogP contribution in [-0.2, 0) is 10.0 Å². The van der Waals surface area contributed by atoms with Crippen molar-refractivity contribution in [3.8, 4) is 11.5 Å². The first-order chi connectivity index (χ1) is 12.5. The maximum atomic E-state index is 12.8. The van der Waals surface area contributed by atoms with Crippen molar-refractivity contribution in [1.82, 2.24) is 4.31 Å². The van der Waals surface area contributed by atoms with E-state index in [1.807, 2.05) is 0 Å². The Labute approximate surface area is 157 Å². The molecular weight excluding hydrogens is 374 g/mol. The van der Waals surface area contributed by atoms with Gasteiger partial charge in [-0.15, -0.1) is 11.3 Å². The normalized spacial score (nSPS) is 16.0. The summed E-state index contributed by atoms with van der Waals surface area (Å²) >= 11 is 1.08. The Morgan fingerprint density at radius 2 is 1.65 bits per heavy atom. The molecule has 1 aromatic heterocycles. The zero-order valence-electron chi connectivity index (χ0n) is 14.5. The number of benzene rings is 1. The molecule has 0 unspecified atom stereocenters. The van der Waals surface area contributed by atoms with Crippen molar-refractivity contribution in [3.05, 3.63) is 40.6 Å². The van der Waals surface area contributed by atoms with E-state index in [2.05, 4.69) is 0 Å². The molecule has 1 aromatic carbocycles. The van der Waals surface area contributed by atoms with E-state index in [0.717, 1.165) is 37.0 Å². The lowest BCUT2D eigenvalue weighted by Crippen LogP contribution is -2.31. The van der Waals surface area contributed by atoms with Gasteiger partial charge in [0.05, 0.1) is 12.0 Å². The number of nitrogens with zero attached hydrogens (tertiary/aromatic N) is 1. The molecule has 26 heavy (non-hydrogen) atoms. The summed E-state index contributed by atoms with van der Waals surface area (Å²) in [6, 6.07) is 8.02. The molecular formula is C18H21NO5S2. The Morgan fingerprint density at radius 1 is 1.04 bits per heavy atom. The second-order valence-corrected chi connectivity index (χ2v) is 8.88. The van der Waals surface area contributed by atoms with Crippen LogP contribution in [0.1, 0.15) is 35.4 Å². The molecule has 0 bridgehead atoms. The lowest BCUT2D eigenvalue weighted by molar-refractivity contribution is 0.0739. The molecule has 2 aromatic rings. The summed E-state index contributed by atoms with van der Waals surface area (Å²) in [6.45, 7) is 1.06. The first-order valence-electron chi connectivity index (χ1n) is 8.45. The third-order valence-electron chi connectivity index (χ3n) is 4.25. The van der Waals surface area contributed by atoms with Gasteiger partial charge in [0, 0.05) is 18.5 Å². The molecule has 0 amide bonds. The molecule has 0 N–H and O–H groups in total. The summed E-state index contributed by atoms with van der Waals surface area (Å²) in [5.74, 6) is 0.463. The standard InChI is InChI=1S/C18H21NO5S2/c1-23-14-6-8-15(9-7-14)24-18(20)17-12-16(13-25-17)26(21,22)19-10-4-2-3-5-11-19/h6-9,12-13H,2-5,10-11H2,1H3. The van der Waals surface area contributed by atoms with E-state index < -0.39 is 16.0 Å². The third-order valence-corrected chi connectivity index (χ3v) is 7.19. The van der Waals surface area contributed by atoms with E-state index in [1.54, 1.807) is 31.4 Å². The molecule has 0 aliphatic carbocycles. The van der Waals surface area contributed by atoms with Crippen LogP contribution in [0, 0.1) is 0 Å². The average Bonchev–Trinajstić information content (AvgIpc) is 2.99. The number of thiophene rings is 1. The van der Waals surface area contributed by atoms with Gasteiger partial charge in [0.2, 0.25) is 10.0 Å². The molecule has 0 atom stereocenters. The molecule has 0 radical (unpaired) electrons. The highest BCUT2D eigenvalue weighted by atomic mass is 32.2. The van der Waals surface area contributed by atoms with Crippen LogP contribution >= 0.6 is 11.3 Å². The molecule has 1 aliphatic heterocycles. The van der Waals surface area contributed by atoms with E-state index in [4.69, 9.17) is 9.47 Å². The topological polar surface area (TPSA) is 72.9 Å². The highest BCUT2D eigenvalue weighted by molar-refractivity contribution is 7.89. The maximum absolute atomic E-state index is 12.8. The van der Waals surface area contributed by atoms with Gasteiger partial charge in [0.25, 0.3) is 0 Å². The van der Waals surface area contributed by atoms with E-state index in [0.29, 0.717) is 24.6 Å². The fourth-order valence-corrected chi connectivity index (χ4v) is 5.45. The number of methoxy groups -OCH3 is 1. The smallest absolute Gasteiger partial charge is 0.353 e. The minimum Gasteiger partial charge on any atom is -0.497 e. The molecule has 140 valence electrons. The van der Waals surface area contributed by atoms with Gasteiger partial charge in [-0.3, -0.25) is 0 Å². The van der Waals surface area contributed by atoms with Gasteiger partial charge in [-0.25, -0.2) is 13.2 Å². The predicted octanol–water partition coefficient (Wildman–Crippen LogP) is 3.54. The Balaban J connectivity index is 1.72. The van der Waals surface area contributed by atoms with Crippen LogP contribution in [0.5, 0.6) is 11.5 Å². The number of carbonyl (C=O) groups excluding carboxylic acids is 1. The largest absolute Gasteiger partial charge is 0.497 e. The predicted molar refractivity (Wildman–Crippen MR) is 99.5 cm³/mol. The zero-order chi connectivity index (χ0) is 18.6. The summed E-state index contributed by atoms with van der Waals surface area (Å²) in [6.07, 6.45) is 3.84.